The molecule has 1 atom stereocenters. The standard InChI is InChI=1S/C25H27FN2O3/c1-3-15-31-21-9-5-4-8-20(21)28-24(29)22(18-10-12-19(26)13-11-18)23(25(28)30)27-14-6-7-17(2)16-27/h4-5,8-13,17H,3,6-7,14-16H2,1-2H3. The number of amides is 2. The molecule has 0 saturated carbocycles. The molecule has 2 aromatic rings. The zero-order valence-corrected chi connectivity index (χ0v) is 17.9. The number of carbonyl (C=O) groups excluding carboxylic acids is 2. The third-order valence-electron chi connectivity index (χ3n) is 5.73. The fourth-order valence-corrected chi connectivity index (χ4v) is 4.28. The van der Waals surface area contributed by atoms with E-state index >= 15 is 0 Å². The summed E-state index contributed by atoms with van der Waals surface area (Å²) in [7, 11) is 0. The van der Waals surface area contributed by atoms with Crippen LogP contribution in [0.15, 0.2) is 54.2 Å². The molecule has 0 spiro atoms. The maximum atomic E-state index is 13.7. The van der Waals surface area contributed by atoms with Crippen molar-refractivity contribution in [3.63, 3.8) is 0 Å². The van der Waals surface area contributed by atoms with Gasteiger partial charge in [-0.1, -0.05) is 38.1 Å². The molecule has 2 aromatic carbocycles. The number of carbonyl (C=O) groups is 2. The molecule has 0 bridgehead atoms. The Hall–Kier alpha value is -3.15. The van der Waals surface area contributed by atoms with Crippen LogP contribution in [-0.2, 0) is 9.59 Å². The van der Waals surface area contributed by atoms with Gasteiger partial charge in [0.05, 0.1) is 17.9 Å². The van der Waals surface area contributed by atoms with Crippen molar-refractivity contribution in [3.05, 3.63) is 65.6 Å². The van der Waals surface area contributed by atoms with Crippen molar-refractivity contribution in [3.8, 4) is 5.75 Å². The Morgan fingerprint density at radius 2 is 1.81 bits per heavy atom. The van der Waals surface area contributed by atoms with Gasteiger partial charge in [-0.25, -0.2) is 9.29 Å². The second-order valence-electron chi connectivity index (χ2n) is 8.19. The minimum Gasteiger partial charge on any atom is -0.491 e. The Kier molecular flexibility index (Phi) is 6.07. The van der Waals surface area contributed by atoms with Gasteiger partial charge in [0.25, 0.3) is 11.8 Å². The number of ether oxygens (including phenoxy) is 1. The van der Waals surface area contributed by atoms with Crippen molar-refractivity contribution < 1.29 is 18.7 Å². The fraction of sp³-hybridized carbons (Fsp3) is 0.360. The van der Waals surface area contributed by atoms with Crippen LogP contribution in [0.2, 0.25) is 0 Å². The first-order valence-electron chi connectivity index (χ1n) is 10.9. The van der Waals surface area contributed by atoms with Gasteiger partial charge in [-0.05, 0) is 55.0 Å². The van der Waals surface area contributed by atoms with Gasteiger partial charge >= 0.3 is 0 Å². The van der Waals surface area contributed by atoms with Crippen molar-refractivity contribution >= 4 is 23.1 Å². The summed E-state index contributed by atoms with van der Waals surface area (Å²) in [4.78, 5) is 30.5. The van der Waals surface area contributed by atoms with E-state index in [1.807, 2.05) is 17.9 Å². The molecule has 1 unspecified atom stereocenters. The first-order valence-corrected chi connectivity index (χ1v) is 10.9. The Labute approximate surface area is 182 Å². The highest BCUT2D eigenvalue weighted by molar-refractivity contribution is 6.45. The lowest BCUT2D eigenvalue weighted by Gasteiger charge is -2.33. The van der Waals surface area contributed by atoms with Crippen LogP contribution in [0.1, 0.15) is 38.7 Å². The molecule has 2 aliphatic heterocycles. The van der Waals surface area contributed by atoms with E-state index in [-0.39, 0.29) is 11.7 Å². The van der Waals surface area contributed by atoms with E-state index in [1.54, 1.807) is 30.3 Å². The third-order valence-corrected chi connectivity index (χ3v) is 5.73. The zero-order valence-electron chi connectivity index (χ0n) is 17.9. The monoisotopic (exact) mass is 422 g/mol. The van der Waals surface area contributed by atoms with Crippen LogP contribution in [0, 0.1) is 11.7 Å². The van der Waals surface area contributed by atoms with E-state index < -0.39 is 5.91 Å². The highest BCUT2D eigenvalue weighted by atomic mass is 19.1. The van der Waals surface area contributed by atoms with E-state index in [0.29, 0.717) is 53.9 Å². The molecule has 1 fully saturated rings. The summed E-state index contributed by atoms with van der Waals surface area (Å²) in [6, 6.07) is 12.9. The quantitative estimate of drug-likeness (QED) is 0.637. The number of rotatable bonds is 6. The lowest BCUT2D eigenvalue weighted by atomic mass is 9.98. The lowest BCUT2D eigenvalue weighted by Crippen LogP contribution is -2.39. The second kappa shape index (κ2) is 8.92. The predicted octanol–water partition coefficient (Wildman–Crippen LogP) is 4.63. The fourth-order valence-electron chi connectivity index (χ4n) is 4.28. The molecule has 4 rings (SSSR count). The summed E-state index contributed by atoms with van der Waals surface area (Å²) < 4.78 is 19.4. The molecule has 0 radical (unpaired) electrons. The van der Waals surface area contributed by atoms with Crippen molar-refractivity contribution in [1.29, 1.82) is 0 Å². The largest absolute Gasteiger partial charge is 0.491 e. The number of piperidine rings is 1. The van der Waals surface area contributed by atoms with Crippen molar-refractivity contribution in [2.75, 3.05) is 24.6 Å². The Morgan fingerprint density at radius 1 is 1.06 bits per heavy atom. The summed E-state index contributed by atoms with van der Waals surface area (Å²) in [5.74, 6) is -0.224. The van der Waals surface area contributed by atoms with Crippen LogP contribution in [0.4, 0.5) is 10.1 Å². The van der Waals surface area contributed by atoms with Crippen molar-refractivity contribution in [2.45, 2.75) is 33.1 Å². The van der Waals surface area contributed by atoms with Gasteiger partial charge in [0.15, 0.2) is 0 Å². The van der Waals surface area contributed by atoms with Gasteiger partial charge in [0.1, 0.15) is 17.3 Å². The molecule has 2 amide bonds. The van der Waals surface area contributed by atoms with Crippen LogP contribution < -0.4 is 9.64 Å². The van der Waals surface area contributed by atoms with E-state index in [2.05, 4.69) is 6.92 Å². The van der Waals surface area contributed by atoms with Crippen LogP contribution in [0.25, 0.3) is 5.57 Å². The average molecular weight is 423 g/mol. The smallest absolute Gasteiger partial charge is 0.282 e. The highest BCUT2D eigenvalue weighted by Crippen LogP contribution is 2.39. The number of para-hydroxylation sites is 2. The number of imide groups is 1. The van der Waals surface area contributed by atoms with E-state index in [4.69, 9.17) is 4.74 Å². The number of anilines is 1. The van der Waals surface area contributed by atoms with Crippen molar-refractivity contribution in [1.82, 2.24) is 4.90 Å². The van der Waals surface area contributed by atoms with Crippen LogP contribution in [0.3, 0.4) is 0 Å². The number of nitrogens with zero attached hydrogens (tertiary/aromatic N) is 2. The maximum absolute atomic E-state index is 13.7. The average Bonchev–Trinajstić information content (AvgIpc) is 3.03. The van der Waals surface area contributed by atoms with Gasteiger partial charge in [-0.3, -0.25) is 9.59 Å². The lowest BCUT2D eigenvalue weighted by molar-refractivity contribution is -0.120. The second-order valence-corrected chi connectivity index (χ2v) is 8.19. The SMILES string of the molecule is CCCOc1ccccc1N1C(=O)C(c2ccc(F)cc2)=C(N2CCCC(C)C2)C1=O. The normalized spacial score (nSPS) is 19.4. The molecule has 0 N–H and O–H groups in total. The first-order chi connectivity index (χ1) is 15.0. The summed E-state index contributed by atoms with van der Waals surface area (Å²) in [6.07, 6.45) is 2.86. The number of likely N-dealkylation sites (tertiary alicyclic amines) is 1. The topological polar surface area (TPSA) is 49.9 Å². The molecule has 31 heavy (non-hydrogen) atoms. The molecule has 2 aliphatic rings. The third kappa shape index (κ3) is 4.07. The minimum atomic E-state index is -0.405. The van der Waals surface area contributed by atoms with Crippen LogP contribution in [0.5, 0.6) is 5.75 Å². The number of halogens is 1. The van der Waals surface area contributed by atoms with Gasteiger partial charge in [0.2, 0.25) is 0 Å². The first kappa shape index (κ1) is 21.1. The number of hydrogen-bond donors (Lipinski definition) is 0. The molecule has 2 heterocycles. The zero-order chi connectivity index (χ0) is 22.0. The summed E-state index contributed by atoms with van der Waals surface area (Å²) in [5, 5.41) is 0. The van der Waals surface area contributed by atoms with E-state index in [9.17, 15) is 14.0 Å². The molecule has 6 heteroatoms. The van der Waals surface area contributed by atoms with Gasteiger partial charge in [-0.2, -0.15) is 0 Å². The van der Waals surface area contributed by atoms with Gasteiger partial charge in [-0.15, -0.1) is 0 Å². The summed E-state index contributed by atoms with van der Waals surface area (Å²) in [6.45, 7) is 6.06. The molecule has 0 aromatic heterocycles. The Morgan fingerprint density at radius 3 is 2.52 bits per heavy atom. The molecular formula is C25H27FN2O3. The number of hydrogen-bond acceptors (Lipinski definition) is 4. The Balaban J connectivity index is 1.80. The highest BCUT2D eigenvalue weighted by Gasteiger charge is 2.44. The minimum absolute atomic E-state index is 0.324. The van der Waals surface area contributed by atoms with E-state index in [0.717, 1.165) is 19.3 Å². The van der Waals surface area contributed by atoms with Crippen LogP contribution >= 0.6 is 0 Å². The molecular weight excluding hydrogens is 395 g/mol. The van der Waals surface area contributed by atoms with Gasteiger partial charge < -0.3 is 9.64 Å². The maximum Gasteiger partial charge on any atom is 0.282 e. The van der Waals surface area contributed by atoms with Crippen molar-refractivity contribution in [2.24, 2.45) is 5.92 Å². The molecule has 0 aliphatic carbocycles. The van der Waals surface area contributed by atoms with Crippen LogP contribution in [-0.4, -0.2) is 36.4 Å². The Bertz CT molecular complexity index is 1020. The van der Waals surface area contributed by atoms with Gasteiger partial charge in [0, 0.05) is 13.1 Å². The summed E-state index contributed by atoms with van der Waals surface area (Å²) in [5.41, 5.74) is 1.70. The number of benzene rings is 2. The molecule has 5 nitrogen and oxygen atoms in total. The molecule has 162 valence electrons. The predicted molar refractivity (Wildman–Crippen MR) is 118 cm³/mol. The van der Waals surface area contributed by atoms with E-state index in [1.165, 1.54) is 17.0 Å². The molecule has 1 saturated heterocycles. The summed E-state index contributed by atoms with van der Waals surface area (Å²) >= 11 is 0.